The van der Waals surface area contributed by atoms with Crippen molar-refractivity contribution in [2.75, 3.05) is 39.8 Å². The third-order valence-corrected chi connectivity index (χ3v) is 7.14. The highest BCUT2D eigenvalue weighted by molar-refractivity contribution is 6.30. The molecule has 5 rings (SSSR count). The van der Waals surface area contributed by atoms with E-state index in [4.69, 9.17) is 21.1 Å². The summed E-state index contributed by atoms with van der Waals surface area (Å²) in [7, 11) is 1.67. The summed E-state index contributed by atoms with van der Waals surface area (Å²) in [5.41, 5.74) is 2.87. The van der Waals surface area contributed by atoms with Crippen LogP contribution in [0.5, 0.6) is 5.75 Å². The highest BCUT2D eigenvalue weighted by Gasteiger charge is 2.26. The van der Waals surface area contributed by atoms with Gasteiger partial charge in [0.1, 0.15) is 5.75 Å². The first-order chi connectivity index (χ1) is 18.1. The van der Waals surface area contributed by atoms with Crippen LogP contribution in [0.1, 0.15) is 27.6 Å². The Balaban J connectivity index is 1.26. The Labute approximate surface area is 223 Å². The predicted molar refractivity (Wildman–Crippen MR) is 148 cm³/mol. The lowest BCUT2D eigenvalue weighted by atomic mass is 10.0. The Morgan fingerprint density at radius 2 is 1.65 bits per heavy atom. The molecule has 0 saturated carbocycles. The number of hydrogen-bond donors (Lipinski definition) is 0. The minimum atomic E-state index is -0.144. The number of amides is 1. The van der Waals surface area contributed by atoms with Gasteiger partial charge in [0, 0.05) is 43.3 Å². The van der Waals surface area contributed by atoms with Gasteiger partial charge in [-0.2, -0.15) is 0 Å². The summed E-state index contributed by atoms with van der Waals surface area (Å²) >= 11 is 6.18. The van der Waals surface area contributed by atoms with E-state index in [2.05, 4.69) is 11.0 Å². The molecular weight excluding hydrogens is 484 g/mol. The number of carbonyl (C=O) groups excluding carboxylic acids is 1. The smallest absolute Gasteiger partial charge is 0.254 e. The van der Waals surface area contributed by atoms with E-state index in [1.54, 1.807) is 7.11 Å². The van der Waals surface area contributed by atoms with Gasteiger partial charge in [0.15, 0.2) is 0 Å². The molecule has 0 aromatic heterocycles. The number of halogens is 1. The molecule has 0 radical (unpaired) electrons. The van der Waals surface area contributed by atoms with E-state index in [0.29, 0.717) is 24.7 Å². The van der Waals surface area contributed by atoms with E-state index in [0.717, 1.165) is 52.8 Å². The molecule has 37 heavy (non-hydrogen) atoms. The van der Waals surface area contributed by atoms with Crippen LogP contribution in [0, 0.1) is 0 Å². The molecule has 1 saturated heterocycles. The van der Waals surface area contributed by atoms with Crippen LogP contribution in [0.4, 0.5) is 0 Å². The molecule has 1 atom stereocenters. The number of rotatable bonds is 8. The van der Waals surface area contributed by atoms with E-state index >= 15 is 0 Å². The first-order valence-corrected chi connectivity index (χ1v) is 13.0. The van der Waals surface area contributed by atoms with Crippen molar-refractivity contribution in [3.63, 3.8) is 0 Å². The quantitative estimate of drug-likeness (QED) is 0.280. The van der Waals surface area contributed by atoms with Gasteiger partial charge in [-0.15, -0.1) is 0 Å². The lowest BCUT2D eigenvalue weighted by molar-refractivity contribution is 0.00336. The molecule has 0 spiro atoms. The number of benzene rings is 4. The van der Waals surface area contributed by atoms with Gasteiger partial charge in [0.2, 0.25) is 0 Å². The summed E-state index contributed by atoms with van der Waals surface area (Å²) < 4.78 is 11.9. The number of piperazine rings is 1. The van der Waals surface area contributed by atoms with Crippen LogP contribution < -0.4 is 4.74 Å². The van der Waals surface area contributed by atoms with Gasteiger partial charge >= 0.3 is 0 Å². The lowest BCUT2D eigenvalue weighted by Gasteiger charge is -2.36. The summed E-state index contributed by atoms with van der Waals surface area (Å²) in [5.74, 6) is 0.900. The Morgan fingerprint density at radius 1 is 0.892 bits per heavy atom. The van der Waals surface area contributed by atoms with Crippen LogP contribution >= 0.6 is 11.6 Å². The summed E-state index contributed by atoms with van der Waals surface area (Å²) in [6.45, 7) is 4.13. The zero-order valence-electron chi connectivity index (χ0n) is 21.0. The molecule has 1 amide bonds. The normalized spacial score (nSPS) is 15.0. The number of methoxy groups -OCH3 is 1. The fourth-order valence-corrected chi connectivity index (χ4v) is 5.08. The molecule has 0 bridgehead atoms. The zero-order chi connectivity index (χ0) is 25.6. The van der Waals surface area contributed by atoms with Gasteiger partial charge in [0.25, 0.3) is 5.91 Å². The predicted octanol–water partition coefficient (Wildman–Crippen LogP) is 6.22. The maximum atomic E-state index is 13.4. The maximum Gasteiger partial charge on any atom is 0.254 e. The average molecular weight is 515 g/mol. The van der Waals surface area contributed by atoms with Crippen LogP contribution in [0.3, 0.4) is 0 Å². The van der Waals surface area contributed by atoms with Crippen LogP contribution in [0.2, 0.25) is 5.02 Å². The van der Waals surface area contributed by atoms with Gasteiger partial charge in [-0.1, -0.05) is 72.3 Å². The molecule has 1 aliphatic rings. The lowest BCUT2D eigenvalue weighted by Crippen LogP contribution is -2.49. The van der Waals surface area contributed by atoms with Crippen molar-refractivity contribution in [3.05, 3.63) is 113 Å². The van der Waals surface area contributed by atoms with Crippen molar-refractivity contribution >= 4 is 28.3 Å². The summed E-state index contributed by atoms with van der Waals surface area (Å²) in [4.78, 5) is 17.7. The highest BCUT2D eigenvalue weighted by Crippen LogP contribution is 2.26. The SMILES string of the molecule is COc1cccc([C@@H](CN2CCN(C(=O)c3cccc4ccccc34)CC2)OCc2cccc(Cl)c2)c1. The fraction of sp³-hybridized carbons (Fsp3) is 0.258. The molecule has 1 fully saturated rings. The molecule has 1 aliphatic heterocycles. The molecule has 190 valence electrons. The second-order valence-corrected chi connectivity index (χ2v) is 9.76. The Bertz CT molecular complexity index is 1360. The molecule has 4 aromatic rings. The molecule has 1 heterocycles. The van der Waals surface area contributed by atoms with Crippen molar-refractivity contribution in [1.82, 2.24) is 9.80 Å². The summed E-state index contributed by atoms with van der Waals surface area (Å²) in [5, 5.41) is 2.79. The van der Waals surface area contributed by atoms with E-state index in [1.807, 2.05) is 89.8 Å². The van der Waals surface area contributed by atoms with Crippen molar-refractivity contribution in [3.8, 4) is 5.75 Å². The number of fused-ring (bicyclic) bond motifs is 1. The van der Waals surface area contributed by atoms with Crippen molar-refractivity contribution < 1.29 is 14.3 Å². The standard InChI is InChI=1S/C31H31ClN2O3/c1-36-27-12-5-10-25(20-27)30(37-22-23-7-4-11-26(32)19-23)21-33-15-17-34(18-16-33)31(35)29-14-6-9-24-8-2-3-13-28(24)29/h2-14,19-20,30H,15-18,21-22H2,1H3/t30-/m1/s1. The molecule has 0 N–H and O–H groups in total. The summed E-state index contributed by atoms with van der Waals surface area (Å²) in [6, 6.07) is 29.8. The maximum absolute atomic E-state index is 13.4. The van der Waals surface area contributed by atoms with E-state index < -0.39 is 0 Å². The van der Waals surface area contributed by atoms with Crippen molar-refractivity contribution in [1.29, 1.82) is 0 Å². The first kappa shape index (κ1) is 25.3. The van der Waals surface area contributed by atoms with E-state index in [-0.39, 0.29) is 12.0 Å². The van der Waals surface area contributed by atoms with Crippen LogP contribution in [-0.4, -0.2) is 55.5 Å². The number of hydrogen-bond acceptors (Lipinski definition) is 4. The fourth-order valence-electron chi connectivity index (χ4n) is 4.87. The number of carbonyl (C=O) groups is 1. The van der Waals surface area contributed by atoms with Crippen LogP contribution in [0.25, 0.3) is 10.8 Å². The number of ether oxygens (including phenoxy) is 2. The molecule has 4 aromatic carbocycles. The molecule has 0 aliphatic carbocycles. The van der Waals surface area contributed by atoms with Crippen molar-refractivity contribution in [2.24, 2.45) is 0 Å². The Morgan fingerprint density at radius 3 is 2.46 bits per heavy atom. The van der Waals surface area contributed by atoms with Crippen molar-refractivity contribution in [2.45, 2.75) is 12.7 Å². The van der Waals surface area contributed by atoms with Gasteiger partial charge in [-0.25, -0.2) is 0 Å². The third kappa shape index (κ3) is 6.13. The third-order valence-electron chi connectivity index (χ3n) is 6.91. The minimum Gasteiger partial charge on any atom is -0.497 e. The van der Waals surface area contributed by atoms with E-state index in [9.17, 15) is 4.79 Å². The van der Waals surface area contributed by atoms with E-state index in [1.165, 1.54) is 0 Å². The Hall–Kier alpha value is -3.38. The molecule has 0 unspecified atom stereocenters. The zero-order valence-corrected chi connectivity index (χ0v) is 21.7. The molecule has 6 heteroatoms. The average Bonchev–Trinajstić information content (AvgIpc) is 2.95. The highest BCUT2D eigenvalue weighted by atomic mass is 35.5. The van der Waals surface area contributed by atoms with Crippen LogP contribution in [-0.2, 0) is 11.3 Å². The van der Waals surface area contributed by atoms with Gasteiger partial charge in [-0.05, 0) is 52.2 Å². The Kier molecular flexibility index (Phi) is 8.05. The largest absolute Gasteiger partial charge is 0.497 e. The number of nitrogens with zero attached hydrogens (tertiary/aromatic N) is 2. The second-order valence-electron chi connectivity index (χ2n) is 9.33. The van der Waals surface area contributed by atoms with Gasteiger partial charge in [-0.3, -0.25) is 9.69 Å². The topological polar surface area (TPSA) is 42.0 Å². The van der Waals surface area contributed by atoms with Gasteiger partial charge in [0.05, 0.1) is 19.8 Å². The molecule has 5 nitrogen and oxygen atoms in total. The monoisotopic (exact) mass is 514 g/mol. The summed E-state index contributed by atoms with van der Waals surface area (Å²) in [6.07, 6.45) is -0.144. The first-order valence-electron chi connectivity index (χ1n) is 12.6. The minimum absolute atomic E-state index is 0.0954. The van der Waals surface area contributed by atoms with Crippen LogP contribution in [0.15, 0.2) is 91.0 Å². The van der Waals surface area contributed by atoms with Gasteiger partial charge < -0.3 is 14.4 Å². The second kappa shape index (κ2) is 11.8. The molecular formula is C31H31ClN2O3.